The lowest BCUT2D eigenvalue weighted by atomic mass is 10.2. The SMILES string of the molecule is O=S(=O)(c1cccs1)N1CCN(c2ccc(F)c(Cl)c2)CC1. The molecule has 0 unspecified atom stereocenters. The van der Waals surface area contributed by atoms with Crippen molar-refractivity contribution >= 4 is 38.6 Å². The van der Waals surface area contributed by atoms with Gasteiger partial charge >= 0.3 is 0 Å². The van der Waals surface area contributed by atoms with E-state index in [1.54, 1.807) is 29.6 Å². The Morgan fingerprint density at radius 1 is 1.14 bits per heavy atom. The second-order valence-electron chi connectivity index (χ2n) is 4.92. The summed E-state index contributed by atoms with van der Waals surface area (Å²) in [5.74, 6) is -0.454. The van der Waals surface area contributed by atoms with Crippen LogP contribution < -0.4 is 4.90 Å². The average molecular weight is 361 g/mol. The first-order valence-corrected chi connectivity index (χ1v) is 9.42. The molecule has 0 amide bonds. The second kappa shape index (κ2) is 6.16. The van der Waals surface area contributed by atoms with E-state index in [0.717, 1.165) is 5.69 Å². The molecule has 22 heavy (non-hydrogen) atoms. The molecule has 0 atom stereocenters. The van der Waals surface area contributed by atoms with Crippen molar-refractivity contribution in [2.45, 2.75) is 4.21 Å². The minimum Gasteiger partial charge on any atom is -0.369 e. The van der Waals surface area contributed by atoms with Crippen molar-refractivity contribution in [1.29, 1.82) is 0 Å². The fourth-order valence-corrected chi connectivity index (χ4v) is 5.15. The molecular weight excluding hydrogens is 347 g/mol. The Bertz CT molecular complexity index is 757. The minimum atomic E-state index is -3.40. The zero-order chi connectivity index (χ0) is 15.7. The topological polar surface area (TPSA) is 40.6 Å². The molecule has 1 aromatic heterocycles. The van der Waals surface area contributed by atoms with Crippen LogP contribution in [-0.4, -0.2) is 38.9 Å². The van der Waals surface area contributed by atoms with Crippen LogP contribution in [0, 0.1) is 5.82 Å². The lowest BCUT2D eigenvalue weighted by molar-refractivity contribution is 0.386. The molecule has 2 aromatic rings. The molecule has 4 nitrogen and oxygen atoms in total. The quantitative estimate of drug-likeness (QED) is 0.844. The maximum atomic E-state index is 13.2. The van der Waals surface area contributed by atoms with E-state index in [4.69, 9.17) is 11.6 Å². The van der Waals surface area contributed by atoms with Gasteiger partial charge < -0.3 is 4.90 Å². The molecular formula is C14H14ClFN2O2S2. The van der Waals surface area contributed by atoms with Gasteiger partial charge in [0.05, 0.1) is 5.02 Å². The fraction of sp³-hybridized carbons (Fsp3) is 0.286. The van der Waals surface area contributed by atoms with Crippen molar-refractivity contribution in [2.75, 3.05) is 31.1 Å². The van der Waals surface area contributed by atoms with Crippen LogP contribution in [0.15, 0.2) is 39.9 Å². The van der Waals surface area contributed by atoms with Gasteiger partial charge in [-0.1, -0.05) is 17.7 Å². The summed E-state index contributed by atoms with van der Waals surface area (Å²) in [5.41, 5.74) is 0.805. The van der Waals surface area contributed by atoms with E-state index in [2.05, 4.69) is 0 Å². The number of hydrogen-bond donors (Lipinski definition) is 0. The van der Waals surface area contributed by atoms with Crippen LogP contribution >= 0.6 is 22.9 Å². The number of piperazine rings is 1. The Kier molecular flexibility index (Phi) is 4.40. The molecule has 118 valence electrons. The molecule has 0 bridgehead atoms. The molecule has 0 N–H and O–H groups in total. The zero-order valence-corrected chi connectivity index (χ0v) is 14.0. The summed E-state index contributed by atoms with van der Waals surface area (Å²) in [4.78, 5) is 2.01. The Labute approximate surface area is 137 Å². The Hall–Kier alpha value is -1.15. The van der Waals surface area contributed by atoms with Crippen LogP contribution in [0.5, 0.6) is 0 Å². The Balaban J connectivity index is 1.71. The third-order valence-corrected chi connectivity index (χ3v) is 7.16. The summed E-state index contributed by atoms with van der Waals surface area (Å²) in [6, 6.07) is 7.90. The van der Waals surface area contributed by atoms with E-state index in [9.17, 15) is 12.8 Å². The molecule has 1 aliphatic heterocycles. The highest BCUT2D eigenvalue weighted by Crippen LogP contribution is 2.26. The molecule has 8 heteroatoms. The summed E-state index contributed by atoms with van der Waals surface area (Å²) in [6.45, 7) is 1.89. The molecule has 0 spiro atoms. The first kappa shape index (κ1) is 15.7. The van der Waals surface area contributed by atoms with Crippen LogP contribution in [0.4, 0.5) is 10.1 Å². The standard InChI is InChI=1S/C14H14ClFN2O2S2/c15-12-10-11(3-4-13(12)16)17-5-7-18(8-6-17)22(19,20)14-2-1-9-21-14/h1-4,9-10H,5-8H2. The maximum Gasteiger partial charge on any atom is 0.252 e. The van der Waals surface area contributed by atoms with Crippen molar-refractivity contribution in [3.8, 4) is 0 Å². The van der Waals surface area contributed by atoms with Crippen LogP contribution in [0.3, 0.4) is 0 Å². The van der Waals surface area contributed by atoms with Crippen molar-refractivity contribution in [3.05, 3.63) is 46.6 Å². The number of nitrogens with zero attached hydrogens (tertiary/aromatic N) is 2. The molecule has 0 saturated carbocycles. The smallest absolute Gasteiger partial charge is 0.252 e. The summed E-state index contributed by atoms with van der Waals surface area (Å²) >= 11 is 7.02. The minimum absolute atomic E-state index is 0.0751. The number of rotatable bonds is 3. The molecule has 1 aromatic carbocycles. The van der Waals surface area contributed by atoms with Gasteiger partial charge in [0, 0.05) is 31.9 Å². The first-order chi connectivity index (χ1) is 10.5. The number of hydrogen-bond acceptors (Lipinski definition) is 4. The highest BCUT2D eigenvalue weighted by Gasteiger charge is 2.29. The normalized spacial score (nSPS) is 16.9. The number of anilines is 1. The number of thiophene rings is 1. The molecule has 3 rings (SSSR count). The largest absolute Gasteiger partial charge is 0.369 e. The van der Waals surface area contributed by atoms with E-state index in [1.165, 1.54) is 21.7 Å². The Morgan fingerprint density at radius 3 is 2.45 bits per heavy atom. The van der Waals surface area contributed by atoms with Gasteiger partial charge in [0.2, 0.25) is 0 Å². The van der Waals surface area contributed by atoms with Gasteiger partial charge in [-0.25, -0.2) is 12.8 Å². The Morgan fingerprint density at radius 2 is 1.86 bits per heavy atom. The fourth-order valence-electron chi connectivity index (χ4n) is 2.41. The molecule has 1 saturated heterocycles. The van der Waals surface area contributed by atoms with Crippen LogP contribution in [-0.2, 0) is 10.0 Å². The van der Waals surface area contributed by atoms with Gasteiger partial charge in [0.1, 0.15) is 10.0 Å². The van der Waals surface area contributed by atoms with Crippen LogP contribution in [0.1, 0.15) is 0 Å². The number of benzene rings is 1. The molecule has 0 radical (unpaired) electrons. The third-order valence-electron chi connectivity index (χ3n) is 3.60. The summed E-state index contributed by atoms with van der Waals surface area (Å²) in [7, 11) is -3.40. The molecule has 0 aliphatic carbocycles. The summed E-state index contributed by atoms with van der Waals surface area (Å²) in [5, 5.41) is 1.83. The van der Waals surface area contributed by atoms with Crippen molar-refractivity contribution in [3.63, 3.8) is 0 Å². The van der Waals surface area contributed by atoms with Crippen molar-refractivity contribution < 1.29 is 12.8 Å². The van der Waals surface area contributed by atoms with Gasteiger partial charge in [-0.05, 0) is 29.6 Å². The van der Waals surface area contributed by atoms with E-state index >= 15 is 0 Å². The monoisotopic (exact) mass is 360 g/mol. The van der Waals surface area contributed by atoms with Crippen LogP contribution in [0.2, 0.25) is 5.02 Å². The van der Waals surface area contributed by atoms with Gasteiger partial charge in [-0.3, -0.25) is 0 Å². The molecule has 2 heterocycles. The van der Waals surface area contributed by atoms with E-state index < -0.39 is 15.8 Å². The van der Waals surface area contributed by atoms with Gasteiger partial charge in [0.15, 0.2) is 0 Å². The van der Waals surface area contributed by atoms with E-state index in [0.29, 0.717) is 30.4 Å². The predicted octanol–water partition coefficient (Wildman–Crippen LogP) is 3.05. The maximum absolute atomic E-state index is 13.2. The zero-order valence-electron chi connectivity index (χ0n) is 11.6. The molecule has 1 aliphatic rings. The predicted molar refractivity (Wildman–Crippen MR) is 86.7 cm³/mol. The van der Waals surface area contributed by atoms with Gasteiger partial charge in [-0.2, -0.15) is 4.31 Å². The lowest BCUT2D eigenvalue weighted by Gasteiger charge is -2.35. The average Bonchev–Trinajstić information content (AvgIpc) is 3.05. The van der Waals surface area contributed by atoms with Crippen molar-refractivity contribution in [2.24, 2.45) is 0 Å². The van der Waals surface area contributed by atoms with E-state index in [1.807, 2.05) is 4.90 Å². The summed E-state index contributed by atoms with van der Waals surface area (Å²) < 4.78 is 39.9. The van der Waals surface area contributed by atoms with Gasteiger partial charge in [0.25, 0.3) is 10.0 Å². The van der Waals surface area contributed by atoms with Gasteiger partial charge in [-0.15, -0.1) is 11.3 Å². The number of sulfonamides is 1. The number of halogens is 2. The molecule has 1 fully saturated rings. The second-order valence-corrected chi connectivity index (χ2v) is 8.44. The third kappa shape index (κ3) is 2.99. The highest BCUT2D eigenvalue weighted by molar-refractivity contribution is 7.91. The lowest BCUT2D eigenvalue weighted by Crippen LogP contribution is -2.48. The summed E-state index contributed by atoms with van der Waals surface area (Å²) in [6.07, 6.45) is 0. The van der Waals surface area contributed by atoms with Crippen molar-refractivity contribution in [1.82, 2.24) is 4.31 Å². The van der Waals surface area contributed by atoms with Crippen LogP contribution in [0.25, 0.3) is 0 Å². The first-order valence-electron chi connectivity index (χ1n) is 6.72. The highest BCUT2D eigenvalue weighted by atomic mass is 35.5. The van der Waals surface area contributed by atoms with E-state index in [-0.39, 0.29) is 5.02 Å².